The van der Waals surface area contributed by atoms with Crippen molar-refractivity contribution in [3.8, 4) is 11.6 Å². The zero-order chi connectivity index (χ0) is 21.4. The smallest absolute Gasteiger partial charge is 0.216 e. The number of hydrogen-bond donors (Lipinski definition) is 3. The molecule has 2 aromatic heterocycles. The molecular formula is C22H36IN7O2. The van der Waals surface area contributed by atoms with Gasteiger partial charge in [0.1, 0.15) is 5.82 Å². The average molecular weight is 557 g/mol. The fourth-order valence-corrected chi connectivity index (χ4v) is 4.64. The number of morpholine rings is 1. The minimum atomic E-state index is 0. The van der Waals surface area contributed by atoms with Crippen molar-refractivity contribution >= 4 is 29.9 Å². The number of nitrogens with one attached hydrogen (secondary N) is 3. The first-order valence-electron chi connectivity index (χ1n) is 11.5. The van der Waals surface area contributed by atoms with Gasteiger partial charge in [-0.1, -0.05) is 19.3 Å². The van der Waals surface area contributed by atoms with Gasteiger partial charge >= 0.3 is 0 Å². The predicted octanol–water partition coefficient (Wildman–Crippen LogP) is 2.67. The molecule has 0 unspecified atom stereocenters. The van der Waals surface area contributed by atoms with Gasteiger partial charge in [-0.05, 0) is 25.0 Å². The summed E-state index contributed by atoms with van der Waals surface area (Å²) in [5.41, 5.74) is 0.316. The molecule has 9 nitrogen and oxygen atoms in total. The number of furan rings is 1. The number of aromatic nitrogens is 3. The van der Waals surface area contributed by atoms with Gasteiger partial charge < -0.3 is 19.8 Å². The molecule has 178 valence electrons. The third-order valence-corrected chi connectivity index (χ3v) is 6.36. The van der Waals surface area contributed by atoms with Crippen LogP contribution in [0.4, 0.5) is 0 Å². The average Bonchev–Trinajstić information content (AvgIpc) is 3.50. The minimum Gasteiger partial charge on any atom is -0.461 e. The van der Waals surface area contributed by atoms with Crippen LogP contribution in [0.25, 0.3) is 11.6 Å². The van der Waals surface area contributed by atoms with Crippen molar-refractivity contribution in [2.24, 2.45) is 10.4 Å². The highest BCUT2D eigenvalue weighted by molar-refractivity contribution is 14.0. The molecule has 0 radical (unpaired) electrons. The van der Waals surface area contributed by atoms with Crippen LogP contribution in [-0.4, -0.2) is 79.0 Å². The van der Waals surface area contributed by atoms with E-state index in [1.807, 2.05) is 19.2 Å². The maximum Gasteiger partial charge on any atom is 0.216 e. The second-order valence-electron chi connectivity index (χ2n) is 8.63. The molecule has 1 aliphatic heterocycles. The molecule has 32 heavy (non-hydrogen) atoms. The van der Waals surface area contributed by atoms with E-state index >= 15 is 0 Å². The Balaban J connectivity index is 0.00000289. The van der Waals surface area contributed by atoms with Crippen molar-refractivity contribution in [1.82, 2.24) is 30.7 Å². The number of ether oxygens (including phenoxy) is 1. The molecular weight excluding hydrogens is 521 g/mol. The Bertz CT molecular complexity index is 812. The lowest BCUT2D eigenvalue weighted by molar-refractivity contribution is 0.00820. The molecule has 0 aromatic carbocycles. The molecule has 0 spiro atoms. The van der Waals surface area contributed by atoms with Crippen LogP contribution in [0.5, 0.6) is 0 Å². The number of guanidine groups is 1. The van der Waals surface area contributed by atoms with Crippen molar-refractivity contribution in [3.63, 3.8) is 0 Å². The quantitative estimate of drug-likeness (QED) is 0.261. The van der Waals surface area contributed by atoms with E-state index in [0.717, 1.165) is 64.1 Å². The summed E-state index contributed by atoms with van der Waals surface area (Å²) in [7, 11) is 1.83. The topological polar surface area (TPSA) is 104 Å². The molecule has 2 aliphatic rings. The first-order chi connectivity index (χ1) is 15.3. The zero-order valence-electron chi connectivity index (χ0n) is 18.9. The van der Waals surface area contributed by atoms with E-state index in [-0.39, 0.29) is 24.0 Å². The van der Waals surface area contributed by atoms with E-state index in [4.69, 9.17) is 9.15 Å². The highest BCUT2D eigenvalue weighted by Gasteiger charge is 2.34. The first kappa shape index (κ1) is 25.0. The molecule has 1 aliphatic carbocycles. The Morgan fingerprint density at radius 2 is 2.03 bits per heavy atom. The van der Waals surface area contributed by atoms with E-state index in [1.54, 1.807) is 6.26 Å². The summed E-state index contributed by atoms with van der Waals surface area (Å²) in [4.78, 5) is 11.5. The van der Waals surface area contributed by atoms with Crippen molar-refractivity contribution in [3.05, 3.63) is 24.2 Å². The van der Waals surface area contributed by atoms with E-state index < -0.39 is 0 Å². The molecule has 3 N–H and O–H groups in total. The highest BCUT2D eigenvalue weighted by atomic mass is 127. The maximum absolute atomic E-state index is 5.54. The molecule has 1 saturated carbocycles. The maximum atomic E-state index is 5.54. The lowest BCUT2D eigenvalue weighted by Gasteiger charge is -2.42. The molecule has 2 aromatic rings. The number of halogens is 1. The van der Waals surface area contributed by atoms with Crippen LogP contribution in [0, 0.1) is 5.41 Å². The SMILES string of the molecule is CN=C(NCCc1nc(-c2ccco2)n[nH]1)NCC1(CN2CCOCC2)CCCCC1.I. The summed E-state index contributed by atoms with van der Waals surface area (Å²) in [5.74, 6) is 2.93. The van der Waals surface area contributed by atoms with Gasteiger partial charge in [-0.15, -0.1) is 24.0 Å². The van der Waals surface area contributed by atoms with E-state index in [9.17, 15) is 0 Å². The molecule has 0 bridgehead atoms. The second-order valence-corrected chi connectivity index (χ2v) is 8.63. The van der Waals surface area contributed by atoms with Gasteiger partial charge in [0.15, 0.2) is 11.7 Å². The summed E-state index contributed by atoms with van der Waals surface area (Å²) in [5, 5.41) is 14.2. The van der Waals surface area contributed by atoms with Gasteiger partial charge in [0.2, 0.25) is 5.82 Å². The van der Waals surface area contributed by atoms with E-state index in [1.165, 1.54) is 32.1 Å². The fraction of sp³-hybridized carbons (Fsp3) is 0.682. The van der Waals surface area contributed by atoms with Crippen LogP contribution >= 0.6 is 24.0 Å². The van der Waals surface area contributed by atoms with Gasteiger partial charge in [0.05, 0.1) is 19.5 Å². The monoisotopic (exact) mass is 557 g/mol. The standard InChI is InChI=1S/C22H35N7O2.HI/c1-23-21(24-10-7-19-26-20(28-27-19)18-6-5-13-31-18)25-16-22(8-3-2-4-9-22)17-29-11-14-30-15-12-29;/h5-6,13H,2-4,7-12,14-17H2,1H3,(H2,23,24,25)(H,26,27,28);1H. The number of aromatic amines is 1. The number of hydrogen-bond acceptors (Lipinski definition) is 6. The Hall–Kier alpha value is -1.66. The van der Waals surface area contributed by atoms with Crippen LogP contribution in [-0.2, 0) is 11.2 Å². The molecule has 1 saturated heterocycles. The van der Waals surface area contributed by atoms with Gasteiger partial charge in [-0.2, -0.15) is 5.10 Å². The van der Waals surface area contributed by atoms with Crippen LogP contribution in [0.3, 0.4) is 0 Å². The Morgan fingerprint density at radius 3 is 2.75 bits per heavy atom. The van der Waals surface area contributed by atoms with Crippen LogP contribution in [0.15, 0.2) is 27.8 Å². The largest absolute Gasteiger partial charge is 0.461 e. The molecule has 3 heterocycles. The summed E-state index contributed by atoms with van der Waals surface area (Å²) in [6.07, 6.45) is 8.91. The van der Waals surface area contributed by atoms with Crippen LogP contribution in [0.2, 0.25) is 0 Å². The summed E-state index contributed by atoms with van der Waals surface area (Å²) in [6, 6.07) is 3.69. The number of aliphatic imine (C=N–C) groups is 1. The van der Waals surface area contributed by atoms with E-state index in [2.05, 4.69) is 35.7 Å². The minimum absolute atomic E-state index is 0. The van der Waals surface area contributed by atoms with Gasteiger partial charge in [0, 0.05) is 51.6 Å². The van der Waals surface area contributed by atoms with Crippen molar-refractivity contribution in [1.29, 1.82) is 0 Å². The summed E-state index contributed by atoms with van der Waals surface area (Å²) >= 11 is 0. The summed E-state index contributed by atoms with van der Waals surface area (Å²) < 4.78 is 10.9. The zero-order valence-corrected chi connectivity index (χ0v) is 21.3. The van der Waals surface area contributed by atoms with Crippen LogP contribution < -0.4 is 10.6 Å². The number of H-pyrrole nitrogens is 1. The van der Waals surface area contributed by atoms with Gasteiger partial charge in [-0.3, -0.25) is 15.0 Å². The molecule has 2 fully saturated rings. The molecule has 0 amide bonds. The van der Waals surface area contributed by atoms with Crippen LogP contribution in [0.1, 0.15) is 37.9 Å². The van der Waals surface area contributed by atoms with Gasteiger partial charge in [-0.25, -0.2) is 4.98 Å². The third kappa shape index (κ3) is 6.92. The number of rotatable bonds is 8. The number of nitrogens with zero attached hydrogens (tertiary/aromatic N) is 4. The normalized spacial score (nSPS) is 19.3. The van der Waals surface area contributed by atoms with E-state index in [0.29, 0.717) is 17.0 Å². The molecule has 4 rings (SSSR count). The lowest BCUT2D eigenvalue weighted by Crippen LogP contribution is -2.51. The highest BCUT2D eigenvalue weighted by Crippen LogP contribution is 2.36. The Kier molecular flexibility index (Phi) is 9.79. The molecule has 0 atom stereocenters. The summed E-state index contributed by atoms with van der Waals surface area (Å²) in [6.45, 7) is 6.63. The fourth-order valence-electron chi connectivity index (χ4n) is 4.64. The Labute approximate surface area is 207 Å². The van der Waals surface area contributed by atoms with Gasteiger partial charge in [0.25, 0.3) is 0 Å². The first-order valence-corrected chi connectivity index (χ1v) is 11.5. The predicted molar refractivity (Wildman–Crippen MR) is 135 cm³/mol. The lowest BCUT2D eigenvalue weighted by atomic mass is 9.73. The van der Waals surface area contributed by atoms with Crippen molar-refractivity contribution in [2.45, 2.75) is 38.5 Å². The Morgan fingerprint density at radius 1 is 1.22 bits per heavy atom. The second kappa shape index (κ2) is 12.5. The van der Waals surface area contributed by atoms with Crippen molar-refractivity contribution < 1.29 is 9.15 Å². The molecule has 10 heteroatoms. The van der Waals surface area contributed by atoms with Crippen molar-refractivity contribution in [2.75, 3.05) is 53.0 Å². The third-order valence-electron chi connectivity index (χ3n) is 6.36.